The molecule has 0 bridgehead atoms. The third-order valence-electron chi connectivity index (χ3n) is 1.78. The molecule has 18 heavy (non-hydrogen) atoms. The number of hydrogen-bond donors (Lipinski definition) is 4. The molecule has 0 amide bonds. The van der Waals surface area contributed by atoms with Crippen LogP contribution < -0.4 is 17.2 Å². The average Bonchev–Trinajstić information content (AvgIpc) is 2.25. The summed E-state index contributed by atoms with van der Waals surface area (Å²) in [5, 5.41) is 8.51. The molecule has 0 heterocycles. The van der Waals surface area contributed by atoms with Crippen LogP contribution in [0.4, 0.5) is 5.69 Å². The molecule has 0 unspecified atom stereocenters. The molecule has 0 saturated heterocycles. The summed E-state index contributed by atoms with van der Waals surface area (Å²) in [7, 11) is 0. The zero-order valence-corrected chi connectivity index (χ0v) is 9.45. The number of aliphatic carboxylic acids is 1. The minimum atomic E-state index is -1.02. The average molecular weight is 247 g/mol. The van der Waals surface area contributed by atoms with E-state index in [1.165, 1.54) is 6.08 Å². The van der Waals surface area contributed by atoms with Crippen LogP contribution in [0.15, 0.2) is 40.3 Å². The summed E-state index contributed by atoms with van der Waals surface area (Å²) in [5.41, 5.74) is 17.0. The third-order valence-corrected chi connectivity index (χ3v) is 1.78. The van der Waals surface area contributed by atoms with Gasteiger partial charge in [-0.25, -0.2) is 9.79 Å². The van der Waals surface area contributed by atoms with Gasteiger partial charge in [-0.2, -0.15) is 4.99 Å². The van der Waals surface area contributed by atoms with Gasteiger partial charge >= 0.3 is 5.97 Å². The van der Waals surface area contributed by atoms with Crippen molar-refractivity contribution in [3.05, 3.63) is 35.9 Å². The first-order chi connectivity index (χ1) is 8.47. The van der Waals surface area contributed by atoms with Crippen LogP contribution >= 0.6 is 0 Å². The predicted octanol–water partition coefficient (Wildman–Crippen LogP) is 0.00400. The minimum Gasteiger partial charge on any atom is -0.478 e. The van der Waals surface area contributed by atoms with Crippen molar-refractivity contribution in [1.29, 1.82) is 0 Å². The normalized spacial score (nSPS) is 11.4. The lowest BCUT2D eigenvalue weighted by Gasteiger charge is -1.98. The second-order valence-corrected chi connectivity index (χ2v) is 3.27. The van der Waals surface area contributed by atoms with Crippen LogP contribution in [0.5, 0.6) is 0 Å². The van der Waals surface area contributed by atoms with Crippen molar-refractivity contribution in [2.24, 2.45) is 27.2 Å². The lowest BCUT2D eigenvalue weighted by atomic mass is 10.2. The number of aliphatic imine (C=N–C) groups is 2. The molecule has 0 aromatic heterocycles. The molecule has 0 aliphatic carbocycles. The highest BCUT2D eigenvalue weighted by atomic mass is 16.4. The van der Waals surface area contributed by atoms with Crippen LogP contribution in [0.3, 0.4) is 0 Å². The molecule has 7 heteroatoms. The first-order valence-electron chi connectivity index (χ1n) is 4.92. The van der Waals surface area contributed by atoms with Crippen LogP contribution in [-0.2, 0) is 4.79 Å². The van der Waals surface area contributed by atoms with Gasteiger partial charge < -0.3 is 22.3 Å². The fourth-order valence-corrected chi connectivity index (χ4v) is 1.16. The van der Waals surface area contributed by atoms with Crippen molar-refractivity contribution in [3.8, 4) is 0 Å². The Labute approximate surface area is 103 Å². The number of carboxylic acids is 1. The summed E-state index contributed by atoms with van der Waals surface area (Å²) in [6, 6.07) is 6.78. The Morgan fingerprint density at radius 1 is 1.28 bits per heavy atom. The number of guanidine groups is 2. The second-order valence-electron chi connectivity index (χ2n) is 3.27. The highest BCUT2D eigenvalue weighted by Crippen LogP contribution is 2.15. The number of benzene rings is 1. The van der Waals surface area contributed by atoms with Crippen LogP contribution in [-0.4, -0.2) is 23.0 Å². The maximum atomic E-state index is 10.4. The van der Waals surface area contributed by atoms with Crippen LogP contribution in [0.25, 0.3) is 6.08 Å². The zero-order valence-electron chi connectivity index (χ0n) is 9.45. The standard InChI is InChI=1S/C11H13N5O2/c12-10(13)16-11(14)15-8-3-1-2-7(6-8)4-5-9(17)18/h1-6H,(H,17,18)(H6,12,13,14,15,16). The first kappa shape index (κ1) is 13.2. The van der Waals surface area contributed by atoms with Gasteiger partial charge in [-0.05, 0) is 23.8 Å². The van der Waals surface area contributed by atoms with Crippen LogP contribution in [0.2, 0.25) is 0 Å². The smallest absolute Gasteiger partial charge is 0.328 e. The molecule has 0 fully saturated rings. The van der Waals surface area contributed by atoms with E-state index < -0.39 is 5.97 Å². The molecule has 1 aromatic carbocycles. The van der Waals surface area contributed by atoms with Crippen molar-refractivity contribution in [2.75, 3.05) is 0 Å². The lowest BCUT2D eigenvalue weighted by molar-refractivity contribution is -0.131. The highest BCUT2D eigenvalue weighted by Gasteiger charge is 1.95. The summed E-state index contributed by atoms with van der Waals surface area (Å²) in [4.78, 5) is 17.9. The molecule has 0 aliphatic heterocycles. The summed E-state index contributed by atoms with van der Waals surface area (Å²) in [6.07, 6.45) is 2.47. The Morgan fingerprint density at radius 2 is 2.00 bits per heavy atom. The Morgan fingerprint density at radius 3 is 2.61 bits per heavy atom. The van der Waals surface area contributed by atoms with E-state index in [2.05, 4.69) is 9.98 Å². The number of hydrogen-bond acceptors (Lipinski definition) is 2. The molecule has 0 saturated carbocycles. The van der Waals surface area contributed by atoms with E-state index in [1.807, 2.05) is 0 Å². The van der Waals surface area contributed by atoms with E-state index in [1.54, 1.807) is 24.3 Å². The largest absolute Gasteiger partial charge is 0.478 e. The molecular weight excluding hydrogens is 234 g/mol. The van der Waals surface area contributed by atoms with Gasteiger partial charge in [0.1, 0.15) is 0 Å². The number of nitrogens with zero attached hydrogens (tertiary/aromatic N) is 2. The molecule has 0 atom stereocenters. The van der Waals surface area contributed by atoms with Crippen molar-refractivity contribution < 1.29 is 9.90 Å². The maximum Gasteiger partial charge on any atom is 0.328 e. The Kier molecular flexibility index (Phi) is 4.44. The number of carboxylic acid groups (broad SMARTS) is 1. The van der Waals surface area contributed by atoms with Gasteiger partial charge in [0, 0.05) is 6.08 Å². The Bertz CT molecular complexity index is 530. The number of rotatable bonds is 3. The highest BCUT2D eigenvalue weighted by molar-refractivity contribution is 5.93. The van der Waals surface area contributed by atoms with Gasteiger partial charge in [0.2, 0.25) is 5.96 Å². The topological polar surface area (TPSA) is 140 Å². The van der Waals surface area contributed by atoms with Crippen LogP contribution in [0, 0.1) is 0 Å². The molecule has 7 nitrogen and oxygen atoms in total. The Balaban J connectivity index is 2.95. The summed E-state index contributed by atoms with van der Waals surface area (Å²) < 4.78 is 0. The summed E-state index contributed by atoms with van der Waals surface area (Å²) in [6.45, 7) is 0. The monoisotopic (exact) mass is 247 g/mol. The van der Waals surface area contributed by atoms with E-state index in [0.717, 1.165) is 6.08 Å². The van der Waals surface area contributed by atoms with Gasteiger partial charge in [0.05, 0.1) is 5.69 Å². The van der Waals surface area contributed by atoms with Crippen molar-refractivity contribution in [1.82, 2.24) is 0 Å². The van der Waals surface area contributed by atoms with E-state index >= 15 is 0 Å². The molecule has 94 valence electrons. The molecule has 7 N–H and O–H groups in total. The van der Waals surface area contributed by atoms with Gasteiger partial charge in [0.15, 0.2) is 5.96 Å². The van der Waals surface area contributed by atoms with Crippen LogP contribution in [0.1, 0.15) is 5.56 Å². The maximum absolute atomic E-state index is 10.4. The van der Waals surface area contributed by atoms with Gasteiger partial charge in [0.25, 0.3) is 0 Å². The quantitative estimate of drug-likeness (QED) is 0.338. The van der Waals surface area contributed by atoms with E-state index in [9.17, 15) is 4.79 Å². The molecular formula is C11H13N5O2. The summed E-state index contributed by atoms with van der Waals surface area (Å²) in [5.74, 6) is -1.28. The Hall–Kier alpha value is -2.83. The fourth-order valence-electron chi connectivity index (χ4n) is 1.16. The van der Waals surface area contributed by atoms with E-state index in [0.29, 0.717) is 11.3 Å². The molecule has 0 aliphatic rings. The van der Waals surface area contributed by atoms with Gasteiger partial charge in [-0.3, -0.25) is 0 Å². The van der Waals surface area contributed by atoms with Crippen molar-refractivity contribution >= 4 is 29.7 Å². The van der Waals surface area contributed by atoms with E-state index in [-0.39, 0.29) is 11.9 Å². The van der Waals surface area contributed by atoms with Crippen molar-refractivity contribution in [2.45, 2.75) is 0 Å². The lowest BCUT2D eigenvalue weighted by Crippen LogP contribution is -2.26. The molecule has 0 spiro atoms. The number of nitrogens with two attached hydrogens (primary N) is 3. The first-order valence-corrected chi connectivity index (χ1v) is 4.92. The second kappa shape index (κ2) is 6.04. The number of carbonyl (C=O) groups is 1. The van der Waals surface area contributed by atoms with Gasteiger partial charge in [-0.1, -0.05) is 12.1 Å². The fraction of sp³-hybridized carbons (Fsp3) is 0. The molecule has 1 aromatic rings. The SMILES string of the molecule is NC(N)=NC(N)=Nc1cccc(C=CC(=O)O)c1. The summed E-state index contributed by atoms with van der Waals surface area (Å²) >= 11 is 0. The van der Waals surface area contributed by atoms with Crippen molar-refractivity contribution in [3.63, 3.8) is 0 Å². The zero-order chi connectivity index (χ0) is 13.5. The molecule has 0 radical (unpaired) electrons. The third kappa shape index (κ3) is 4.79. The van der Waals surface area contributed by atoms with E-state index in [4.69, 9.17) is 22.3 Å². The molecule has 1 rings (SSSR count). The predicted molar refractivity (Wildman–Crippen MR) is 70.2 cm³/mol. The minimum absolute atomic E-state index is 0.0747. The van der Waals surface area contributed by atoms with Gasteiger partial charge in [-0.15, -0.1) is 0 Å².